The maximum atomic E-state index is 12.4. The summed E-state index contributed by atoms with van der Waals surface area (Å²) in [5.41, 5.74) is 4.75. The second-order valence-corrected chi connectivity index (χ2v) is 6.95. The molecule has 0 aliphatic heterocycles. The van der Waals surface area contributed by atoms with Crippen molar-refractivity contribution in [3.8, 4) is 0 Å². The van der Waals surface area contributed by atoms with Crippen LogP contribution in [0.15, 0.2) is 18.2 Å². The van der Waals surface area contributed by atoms with Crippen molar-refractivity contribution in [2.24, 2.45) is 0 Å². The van der Waals surface area contributed by atoms with Crippen molar-refractivity contribution in [3.05, 3.63) is 50.9 Å². The van der Waals surface area contributed by atoms with Gasteiger partial charge in [-0.15, -0.1) is 11.3 Å². The Kier molecular flexibility index (Phi) is 5.21. The first-order valence-corrected chi connectivity index (χ1v) is 8.33. The minimum absolute atomic E-state index is 0.108. The molecule has 0 saturated carbocycles. The highest BCUT2D eigenvalue weighted by Gasteiger charge is 2.20. The SMILES string of the molecule is CNC(=O)c1c(NC(=O)Cc2ccc(C)cc2C)sc(C)c1C. The van der Waals surface area contributed by atoms with Crippen molar-refractivity contribution < 1.29 is 9.59 Å². The molecule has 4 nitrogen and oxygen atoms in total. The van der Waals surface area contributed by atoms with Crippen molar-refractivity contribution in [1.29, 1.82) is 0 Å². The molecule has 0 aliphatic rings. The normalized spacial score (nSPS) is 10.5. The van der Waals surface area contributed by atoms with Crippen LogP contribution in [-0.4, -0.2) is 18.9 Å². The van der Waals surface area contributed by atoms with Crippen LogP contribution in [0.4, 0.5) is 5.00 Å². The molecule has 2 rings (SSSR count). The Balaban J connectivity index is 2.20. The molecule has 1 aromatic heterocycles. The lowest BCUT2D eigenvalue weighted by molar-refractivity contribution is -0.115. The lowest BCUT2D eigenvalue weighted by Gasteiger charge is -2.09. The molecule has 0 fully saturated rings. The first-order chi connectivity index (χ1) is 10.8. The summed E-state index contributed by atoms with van der Waals surface area (Å²) < 4.78 is 0. The summed E-state index contributed by atoms with van der Waals surface area (Å²) in [7, 11) is 1.59. The van der Waals surface area contributed by atoms with Gasteiger partial charge in [-0.2, -0.15) is 0 Å². The minimum atomic E-state index is -0.173. The van der Waals surface area contributed by atoms with Crippen LogP contribution in [0.2, 0.25) is 0 Å². The Morgan fingerprint density at radius 3 is 2.43 bits per heavy atom. The maximum Gasteiger partial charge on any atom is 0.254 e. The maximum absolute atomic E-state index is 12.4. The van der Waals surface area contributed by atoms with Crippen LogP contribution in [0.25, 0.3) is 0 Å². The van der Waals surface area contributed by atoms with Gasteiger partial charge in [0.2, 0.25) is 5.91 Å². The van der Waals surface area contributed by atoms with Crippen LogP contribution >= 0.6 is 11.3 Å². The molecule has 0 atom stereocenters. The van der Waals surface area contributed by atoms with E-state index in [1.54, 1.807) is 7.05 Å². The fourth-order valence-electron chi connectivity index (χ4n) is 2.50. The van der Waals surface area contributed by atoms with Gasteiger partial charge >= 0.3 is 0 Å². The summed E-state index contributed by atoms with van der Waals surface area (Å²) in [4.78, 5) is 25.4. The summed E-state index contributed by atoms with van der Waals surface area (Å²) in [5.74, 6) is -0.281. The van der Waals surface area contributed by atoms with Crippen LogP contribution in [0, 0.1) is 27.7 Å². The monoisotopic (exact) mass is 330 g/mol. The number of amides is 2. The van der Waals surface area contributed by atoms with Gasteiger partial charge in [-0.05, 0) is 44.4 Å². The lowest BCUT2D eigenvalue weighted by atomic mass is 10.0. The largest absolute Gasteiger partial charge is 0.355 e. The highest BCUT2D eigenvalue weighted by atomic mass is 32.1. The number of carbonyl (C=O) groups is 2. The molecule has 1 aromatic carbocycles. The van der Waals surface area contributed by atoms with Gasteiger partial charge < -0.3 is 10.6 Å². The van der Waals surface area contributed by atoms with Gasteiger partial charge in [-0.1, -0.05) is 23.8 Å². The molecule has 2 N–H and O–H groups in total. The molecule has 23 heavy (non-hydrogen) atoms. The summed E-state index contributed by atoms with van der Waals surface area (Å²) >= 11 is 1.44. The predicted molar refractivity (Wildman–Crippen MR) is 95.4 cm³/mol. The summed E-state index contributed by atoms with van der Waals surface area (Å²) in [5, 5.41) is 6.15. The Morgan fingerprint density at radius 2 is 1.83 bits per heavy atom. The molecule has 0 bridgehead atoms. The van der Waals surface area contributed by atoms with Crippen molar-refractivity contribution in [3.63, 3.8) is 0 Å². The fraction of sp³-hybridized carbons (Fsp3) is 0.333. The van der Waals surface area contributed by atoms with Gasteiger partial charge in [0.1, 0.15) is 5.00 Å². The van der Waals surface area contributed by atoms with E-state index >= 15 is 0 Å². The smallest absolute Gasteiger partial charge is 0.254 e. The molecule has 1 heterocycles. The summed E-state index contributed by atoms with van der Waals surface area (Å²) in [6.07, 6.45) is 0.301. The third-order valence-corrected chi connectivity index (χ3v) is 5.06. The predicted octanol–water partition coefficient (Wildman–Crippen LogP) is 3.52. The number of hydrogen-bond donors (Lipinski definition) is 2. The molecular formula is C18H22N2O2S. The average molecular weight is 330 g/mol. The van der Waals surface area contributed by atoms with E-state index in [2.05, 4.69) is 16.7 Å². The highest BCUT2D eigenvalue weighted by Crippen LogP contribution is 2.32. The Labute approximate surface area is 140 Å². The molecule has 5 heteroatoms. The van der Waals surface area contributed by atoms with E-state index in [9.17, 15) is 9.59 Å². The minimum Gasteiger partial charge on any atom is -0.355 e. The van der Waals surface area contributed by atoms with E-state index in [-0.39, 0.29) is 11.8 Å². The first kappa shape index (κ1) is 17.2. The van der Waals surface area contributed by atoms with Gasteiger partial charge in [-0.25, -0.2) is 0 Å². The number of rotatable bonds is 4. The van der Waals surface area contributed by atoms with E-state index in [0.29, 0.717) is 17.0 Å². The number of benzene rings is 1. The molecule has 0 saturated heterocycles. The molecule has 0 spiro atoms. The highest BCUT2D eigenvalue weighted by molar-refractivity contribution is 7.16. The zero-order valence-corrected chi connectivity index (χ0v) is 15.0. The van der Waals surface area contributed by atoms with E-state index in [0.717, 1.165) is 21.6 Å². The molecule has 122 valence electrons. The van der Waals surface area contributed by atoms with Crippen molar-refractivity contribution in [2.45, 2.75) is 34.1 Å². The van der Waals surface area contributed by atoms with Crippen LogP contribution < -0.4 is 10.6 Å². The van der Waals surface area contributed by atoms with Gasteiger partial charge in [0, 0.05) is 11.9 Å². The molecular weight excluding hydrogens is 308 g/mol. The van der Waals surface area contributed by atoms with E-state index < -0.39 is 0 Å². The average Bonchev–Trinajstić information content (AvgIpc) is 2.76. The van der Waals surface area contributed by atoms with Crippen LogP contribution in [0.1, 0.15) is 37.5 Å². The van der Waals surface area contributed by atoms with E-state index in [1.807, 2.05) is 39.8 Å². The first-order valence-electron chi connectivity index (χ1n) is 7.51. The second kappa shape index (κ2) is 6.96. The number of thiophene rings is 1. The Hall–Kier alpha value is -2.14. The summed E-state index contributed by atoms with van der Waals surface area (Å²) in [6.45, 7) is 7.89. The third kappa shape index (κ3) is 3.79. The third-order valence-electron chi connectivity index (χ3n) is 3.94. The van der Waals surface area contributed by atoms with Crippen LogP contribution in [0.5, 0.6) is 0 Å². The standard InChI is InChI=1S/C18H22N2O2S/c1-10-6-7-14(11(2)8-10)9-15(21)20-18-16(17(22)19-5)12(3)13(4)23-18/h6-8H,9H2,1-5H3,(H,19,22)(H,20,21). The number of aryl methyl sites for hydroxylation is 3. The molecule has 0 unspecified atom stereocenters. The quantitative estimate of drug-likeness (QED) is 0.901. The van der Waals surface area contributed by atoms with E-state index in [4.69, 9.17) is 0 Å². The number of anilines is 1. The van der Waals surface area contributed by atoms with Gasteiger partial charge in [0.05, 0.1) is 12.0 Å². The topological polar surface area (TPSA) is 58.2 Å². The number of nitrogens with one attached hydrogen (secondary N) is 2. The van der Waals surface area contributed by atoms with Crippen molar-refractivity contribution in [1.82, 2.24) is 5.32 Å². The Morgan fingerprint density at radius 1 is 1.13 bits per heavy atom. The lowest BCUT2D eigenvalue weighted by Crippen LogP contribution is -2.21. The molecule has 0 aliphatic carbocycles. The molecule has 0 radical (unpaired) electrons. The van der Waals surface area contributed by atoms with Gasteiger partial charge in [0.15, 0.2) is 0 Å². The fourth-order valence-corrected chi connectivity index (χ4v) is 3.58. The zero-order chi connectivity index (χ0) is 17.1. The van der Waals surface area contributed by atoms with E-state index in [1.165, 1.54) is 16.9 Å². The van der Waals surface area contributed by atoms with Crippen molar-refractivity contribution >= 4 is 28.2 Å². The zero-order valence-electron chi connectivity index (χ0n) is 14.2. The van der Waals surface area contributed by atoms with Crippen LogP contribution in [-0.2, 0) is 11.2 Å². The molecule has 2 aromatic rings. The van der Waals surface area contributed by atoms with Gasteiger partial charge in [-0.3, -0.25) is 9.59 Å². The second-order valence-electron chi connectivity index (χ2n) is 5.72. The Bertz CT molecular complexity index is 763. The molecule has 2 amide bonds. The number of carbonyl (C=O) groups excluding carboxylic acids is 2. The van der Waals surface area contributed by atoms with Crippen LogP contribution in [0.3, 0.4) is 0 Å². The van der Waals surface area contributed by atoms with Gasteiger partial charge in [0.25, 0.3) is 5.91 Å². The van der Waals surface area contributed by atoms with Crippen molar-refractivity contribution in [2.75, 3.05) is 12.4 Å². The number of hydrogen-bond acceptors (Lipinski definition) is 3. The summed E-state index contributed by atoms with van der Waals surface area (Å²) in [6, 6.07) is 6.05.